The predicted molar refractivity (Wildman–Crippen MR) is 68.4 cm³/mol. The molecule has 0 aromatic heterocycles. The van der Waals surface area contributed by atoms with Crippen molar-refractivity contribution in [2.75, 3.05) is 0 Å². The molecule has 2 heteroatoms. The van der Waals surface area contributed by atoms with Gasteiger partial charge in [0, 0.05) is 5.92 Å². The number of rotatable bonds is 1. The number of allylic oxidation sites excluding steroid dienone is 2. The molecule has 0 aliphatic heterocycles. The van der Waals surface area contributed by atoms with E-state index < -0.39 is 5.66 Å². The second-order valence-corrected chi connectivity index (χ2v) is 4.52. The molecule has 0 spiro atoms. The molecule has 2 rings (SSSR count). The van der Waals surface area contributed by atoms with E-state index in [9.17, 15) is 0 Å². The normalized spacial score (nSPS) is 23.6. The van der Waals surface area contributed by atoms with Crippen LogP contribution in [0.3, 0.4) is 0 Å². The summed E-state index contributed by atoms with van der Waals surface area (Å²) in [5, 5.41) is 0. The summed E-state index contributed by atoms with van der Waals surface area (Å²) in [6.07, 6.45) is 3.93. The van der Waals surface area contributed by atoms with Crippen molar-refractivity contribution in [2.45, 2.75) is 19.5 Å². The van der Waals surface area contributed by atoms with Crippen LogP contribution >= 0.6 is 0 Å². The van der Waals surface area contributed by atoms with Gasteiger partial charge in [0.2, 0.25) is 0 Å². The molecule has 1 aromatic carbocycles. The Bertz CT molecular complexity index is 441. The molecule has 1 unspecified atom stereocenters. The largest absolute Gasteiger partial charge is 0.310 e. The molecule has 0 saturated heterocycles. The van der Waals surface area contributed by atoms with Crippen molar-refractivity contribution in [3.8, 4) is 0 Å². The number of hydrogen-bond donors (Lipinski definition) is 2. The van der Waals surface area contributed by atoms with Gasteiger partial charge in [-0.25, -0.2) is 0 Å². The summed E-state index contributed by atoms with van der Waals surface area (Å²) in [6, 6.07) is 10.3. The monoisotopic (exact) mass is 214 g/mol. The Morgan fingerprint density at radius 1 is 1.12 bits per heavy atom. The van der Waals surface area contributed by atoms with Crippen LogP contribution in [0.5, 0.6) is 0 Å². The zero-order chi connectivity index (χ0) is 11.8. The van der Waals surface area contributed by atoms with Crippen LogP contribution in [0.4, 0.5) is 0 Å². The first kappa shape index (κ1) is 11.1. The third-order valence-corrected chi connectivity index (χ3v) is 3.45. The zero-order valence-corrected chi connectivity index (χ0v) is 9.77. The van der Waals surface area contributed by atoms with Gasteiger partial charge in [-0.05, 0) is 24.1 Å². The van der Waals surface area contributed by atoms with E-state index in [1.807, 2.05) is 30.4 Å². The molecule has 0 heterocycles. The van der Waals surface area contributed by atoms with Crippen LogP contribution in [-0.2, 0) is 0 Å². The molecular weight excluding hydrogens is 196 g/mol. The standard InChI is InChI=1S/C14H18N2/c1-10-11(2)14(15,16)9-8-13(10)12-6-4-3-5-7-12/h3-9,11H,15-16H2,1-2H3. The third-order valence-electron chi connectivity index (χ3n) is 3.45. The van der Waals surface area contributed by atoms with Gasteiger partial charge in [-0.1, -0.05) is 48.9 Å². The summed E-state index contributed by atoms with van der Waals surface area (Å²) >= 11 is 0. The highest BCUT2D eigenvalue weighted by Gasteiger charge is 2.30. The molecule has 4 N–H and O–H groups in total. The van der Waals surface area contributed by atoms with E-state index in [1.165, 1.54) is 16.7 Å². The van der Waals surface area contributed by atoms with Gasteiger partial charge in [-0.15, -0.1) is 0 Å². The fourth-order valence-corrected chi connectivity index (χ4v) is 2.05. The fourth-order valence-electron chi connectivity index (χ4n) is 2.05. The SMILES string of the molecule is CC1=C(c2ccccc2)C=CC(N)(N)C1C. The van der Waals surface area contributed by atoms with Gasteiger partial charge in [0.15, 0.2) is 0 Å². The Labute approximate surface area is 96.6 Å². The number of benzene rings is 1. The first-order valence-corrected chi connectivity index (χ1v) is 5.55. The van der Waals surface area contributed by atoms with E-state index >= 15 is 0 Å². The molecule has 1 atom stereocenters. The summed E-state index contributed by atoms with van der Waals surface area (Å²) in [6.45, 7) is 4.17. The minimum atomic E-state index is -0.720. The van der Waals surface area contributed by atoms with Crippen molar-refractivity contribution in [3.63, 3.8) is 0 Å². The summed E-state index contributed by atoms with van der Waals surface area (Å²) in [5.74, 6) is 0.160. The quantitative estimate of drug-likeness (QED) is 0.705. The molecule has 0 radical (unpaired) electrons. The van der Waals surface area contributed by atoms with E-state index in [0.717, 1.165) is 0 Å². The molecule has 84 valence electrons. The van der Waals surface area contributed by atoms with Crippen molar-refractivity contribution in [3.05, 3.63) is 53.6 Å². The zero-order valence-electron chi connectivity index (χ0n) is 9.77. The second kappa shape index (κ2) is 3.89. The van der Waals surface area contributed by atoms with Crippen molar-refractivity contribution < 1.29 is 0 Å². The van der Waals surface area contributed by atoms with Crippen LogP contribution < -0.4 is 11.5 Å². The highest BCUT2D eigenvalue weighted by molar-refractivity contribution is 5.78. The highest BCUT2D eigenvalue weighted by atomic mass is 15.0. The van der Waals surface area contributed by atoms with Crippen molar-refractivity contribution >= 4 is 5.57 Å². The minimum absolute atomic E-state index is 0.160. The van der Waals surface area contributed by atoms with E-state index in [1.54, 1.807) is 0 Å². The Kier molecular flexibility index (Phi) is 2.70. The highest BCUT2D eigenvalue weighted by Crippen LogP contribution is 2.33. The van der Waals surface area contributed by atoms with Crippen LogP contribution in [0.1, 0.15) is 19.4 Å². The molecule has 1 aromatic rings. The van der Waals surface area contributed by atoms with E-state index in [4.69, 9.17) is 11.5 Å². The maximum Gasteiger partial charge on any atom is 0.0896 e. The van der Waals surface area contributed by atoms with Crippen molar-refractivity contribution in [1.82, 2.24) is 0 Å². The van der Waals surface area contributed by atoms with Crippen molar-refractivity contribution in [2.24, 2.45) is 17.4 Å². The Hall–Kier alpha value is -1.38. The van der Waals surface area contributed by atoms with E-state index in [2.05, 4.69) is 26.0 Å². The molecule has 0 fully saturated rings. The lowest BCUT2D eigenvalue weighted by atomic mass is 9.80. The third kappa shape index (κ3) is 1.82. The molecule has 1 aliphatic rings. The topological polar surface area (TPSA) is 52.0 Å². The second-order valence-electron chi connectivity index (χ2n) is 4.52. The molecular formula is C14H18N2. The molecule has 2 nitrogen and oxygen atoms in total. The summed E-state index contributed by atoms with van der Waals surface area (Å²) in [4.78, 5) is 0. The van der Waals surface area contributed by atoms with E-state index in [0.29, 0.717) is 0 Å². The predicted octanol–water partition coefficient (Wildman–Crippen LogP) is 2.28. The van der Waals surface area contributed by atoms with Gasteiger partial charge < -0.3 is 11.5 Å². The van der Waals surface area contributed by atoms with Gasteiger partial charge in [0.25, 0.3) is 0 Å². The lowest BCUT2D eigenvalue weighted by Gasteiger charge is -2.33. The Morgan fingerprint density at radius 3 is 2.38 bits per heavy atom. The van der Waals surface area contributed by atoms with Crippen LogP contribution in [-0.4, -0.2) is 5.66 Å². The lowest BCUT2D eigenvalue weighted by Crippen LogP contribution is -2.54. The summed E-state index contributed by atoms with van der Waals surface area (Å²) < 4.78 is 0. The fraction of sp³-hybridized carbons (Fsp3) is 0.286. The number of nitrogens with two attached hydrogens (primary N) is 2. The Balaban J connectivity index is 2.45. The summed E-state index contributed by atoms with van der Waals surface area (Å²) in [7, 11) is 0. The number of hydrogen-bond acceptors (Lipinski definition) is 2. The molecule has 0 saturated carbocycles. The average molecular weight is 214 g/mol. The van der Waals surface area contributed by atoms with Crippen LogP contribution in [0.2, 0.25) is 0 Å². The van der Waals surface area contributed by atoms with Crippen LogP contribution in [0, 0.1) is 5.92 Å². The lowest BCUT2D eigenvalue weighted by molar-refractivity contribution is 0.415. The molecule has 1 aliphatic carbocycles. The maximum absolute atomic E-state index is 6.01. The van der Waals surface area contributed by atoms with E-state index in [-0.39, 0.29) is 5.92 Å². The Morgan fingerprint density at radius 2 is 1.75 bits per heavy atom. The van der Waals surface area contributed by atoms with Gasteiger partial charge >= 0.3 is 0 Å². The average Bonchev–Trinajstić information content (AvgIpc) is 2.27. The van der Waals surface area contributed by atoms with Gasteiger partial charge in [0.05, 0.1) is 5.66 Å². The first-order chi connectivity index (χ1) is 7.52. The van der Waals surface area contributed by atoms with Gasteiger partial charge in [-0.3, -0.25) is 0 Å². The molecule has 0 amide bonds. The smallest absolute Gasteiger partial charge is 0.0896 e. The maximum atomic E-state index is 6.01. The molecule has 16 heavy (non-hydrogen) atoms. The van der Waals surface area contributed by atoms with Gasteiger partial charge in [0.1, 0.15) is 0 Å². The van der Waals surface area contributed by atoms with Crippen molar-refractivity contribution in [1.29, 1.82) is 0 Å². The van der Waals surface area contributed by atoms with Crippen LogP contribution in [0.25, 0.3) is 5.57 Å². The summed E-state index contributed by atoms with van der Waals surface area (Å²) in [5.41, 5.74) is 15.0. The van der Waals surface area contributed by atoms with Gasteiger partial charge in [-0.2, -0.15) is 0 Å². The van der Waals surface area contributed by atoms with Crippen LogP contribution in [0.15, 0.2) is 48.1 Å². The minimum Gasteiger partial charge on any atom is -0.310 e. The first-order valence-electron chi connectivity index (χ1n) is 5.55. The molecule has 0 bridgehead atoms.